The van der Waals surface area contributed by atoms with Gasteiger partial charge in [-0.1, -0.05) is 140 Å². The van der Waals surface area contributed by atoms with Gasteiger partial charge in [0.2, 0.25) is 0 Å². The van der Waals surface area contributed by atoms with Crippen molar-refractivity contribution in [3.05, 3.63) is 221 Å². The van der Waals surface area contributed by atoms with Gasteiger partial charge in [-0.3, -0.25) is 0 Å². The Morgan fingerprint density at radius 3 is 1.85 bits per heavy atom. The van der Waals surface area contributed by atoms with E-state index < -0.39 is 5.41 Å². The number of furan rings is 1. The standard InChI is InChI=1S/C53H39NO/c1-4-18-39(19-5-1)53(40-20-6-2-7-21-40)48-26-14-12-24-43(48)47-34-46(38-29-28-36-16-10-11-17-37(36)32-38)50(35-49(47)53)54(41-22-8-3-9-23-41)42-30-31-45-44-25-13-15-27-51(44)55-52(45)33-42/h1-9,12-15,18-35H,10-11,16-17H2. The predicted octanol–water partition coefficient (Wildman–Crippen LogP) is 14.0. The van der Waals surface area contributed by atoms with Crippen molar-refractivity contribution >= 4 is 39.0 Å². The van der Waals surface area contributed by atoms with Crippen molar-refractivity contribution in [2.75, 3.05) is 4.90 Å². The van der Waals surface area contributed by atoms with Crippen LogP contribution in [0.3, 0.4) is 0 Å². The summed E-state index contributed by atoms with van der Waals surface area (Å²) in [5.74, 6) is 0. The maximum Gasteiger partial charge on any atom is 0.137 e. The lowest BCUT2D eigenvalue weighted by Gasteiger charge is -2.35. The van der Waals surface area contributed by atoms with E-state index in [4.69, 9.17) is 4.42 Å². The van der Waals surface area contributed by atoms with Gasteiger partial charge in [0.25, 0.3) is 0 Å². The molecule has 0 fully saturated rings. The molecule has 0 radical (unpaired) electrons. The van der Waals surface area contributed by atoms with Gasteiger partial charge in [-0.05, 0) is 118 Å². The van der Waals surface area contributed by atoms with Crippen molar-refractivity contribution in [1.29, 1.82) is 0 Å². The second kappa shape index (κ2) is 12.7. The van der Waals surface area contributed by atoms with Crippen LogP contribution >= 0.6 is 0 Å². The van der Waals surface area contributed by atoms with E-state index >= 15 is 0 Å². The number of benzene rings is 8. The van der Waals surface area contributed by atoms with Crippen LogP contribution in [-0.4, -0.2) is 0 Å². The maximum atomic E-state index is 6.53. The topological polar surface area (TPSA) is 16.4 Å². The second-order valence-electron chi connectivity index (χ2n) is 15.1. The lowest BCUT2D eigenvalue weighted by molar-refractivity contribution is 0.669. The highest BCUT2D eigenvalue weighted by Gasteiger charge is 2.46. The highest BCUT2D eigenvalue weighted by molar-refractivity contribution is 6.06. The molecule has 2 nitrogen and oxygen atoms in total. The molecule has 0 spiro atoms. The van der Waals surface area contributed by atoms with Gasteiger partial charge in [-0.25, -0.2) is 0 Å². The van der Waals surface area contributed by atoms with Crippen LogP contribution in [-0.2, 0) is 18.3 Å². The van der Waals surface area contributed by atoms with Crippen LogP contribution in [0.1, 0.15) is 46.2 Å². The first-order valence-electron chi connectivity index (χ1n) is 19.6. The Morgan fingerprint density at radius 1 is 0.418 bits per heavy atom. The Hall–Kier alpha value is -6.64. The molecule has 0 unspecified atom stereocenters. The first-order chi connectivity index (χ1) is 27.3. The molecule has 2 aliphatic carbocycles. The summed E-state index contributed by atoms with van der Waals surface area (Å²) in [7, 11) is 0. The molecule has 0 saturated carbocycles. The molecule has 11 rings (SSSR count). The fraction of sp³-hybridized carbons (Fsp3) is 0.0943. The molecule has 0 aliphatic heterocycles. The summed E-state index contributed by atoms with van der Waals surface area (Å²) in [6, 6.07) is 69.4. The smallest absolute Gasteiger partial charge is 0.137 e. The van der Waals surface area contributed by atoms with Crippen LogP contribution < -0.4 is 4.90 Å². The van der Waals surface area contributed by atoms with Crippen molar-refractivity contribution in [3.8, 4) is 22.3 Å². The summed E-state index contributed by atoms with van der Waals surface area (Å²) < 4.78 is 6.53. The summed E-state index contributed by atoms with van der Waals surface area (Å²) in [4.78, 5) is 2.45. The largest absolute Gasteiger partial charge is 0.456 e. The minimum absolute atomic E-state index is 0.525. The van der Waals surface area contributed by atoms with Gasteiger partial charge in [0.15, 0.2) is 0 Å². The Morgan fingerprint density at radius 2 is 1.07 bits per heavy atom. The molecule has 0 saturated heterocycles. The van der Waals surface area contributed by atoms with E-state index in [1.165, 1.54) is 68.5 Å². The van der Waals surface area contributed by atoms with E-state index in [2.05, 4.69) is 187 Å². The zero-order valence-corrected chi connectivity index (χ0v) is 30.6. The van der Waals surface area contributed by atoms with E-state index in [-0.39, 0.29) is 0 Å². The van der Waals surface area contributed by atoms with Crippen molar-refractivity contribution in [3.63, 3.8) is 0 Å². The molecule has 0 atom stereocenters. The molecule has 9 aromatic rings. The van der Waals surface area contributed by atoms with Crippen LogP contribution in [0.4, 0.5) is 17.1 Å². The monoisotopic (exact) mass is 705 g/mol. The summed E-state index contributed by atoms with van der Waals surface area (Å²) >= 11 is 0. The third kappa shape index (κ3) is 4.95. The van der Waals surface area contributed by atoms with Gasteiger partial charge in [0.05, 0.1) is 11.1 Å². The summed E-state index contributed by atoms with van der Waals surface area (Å²) in [5.41, 5.74) is 17.7. The van der Waals surface area contributed by atoms with E-state index in [9.17, 15) is 0 Å². The minimum atomic E-state index is -0.525. The normalized spacial score (nSPS) is 14.0. The van der Waals surface area contributed by atoms with Crippen LogP contribution in [0.15, 0.2) is 192 Å². The van der Waals surface area contributed by atoms with Gasteiger partial charge in [-0.15, -0.1) is 0 Å². The van der Waals surface area contributed by atoms with Gasteiger partial charge in [-0.2, -0.15) is 0 Å². The van der Waals surface area contributed by atoms with E-state index in [0.29, 0.717) is 0 Å². The third-order valence-electron chi connectivity index (χ3n) is 12.1. The summed E-state index contributed by atoms with van der Waals surface area (Å²) in [5, 5.41) is 2.26. The second-order valence-corrected chi connectivity index (χ2v) is 15.1. The maximum absolute atomic E-state index is 6.53. The lowest BCUT2D eigenvalue weighted by Crippen LogP contribution is -2.28. The molecule has 2 heteroatoms. The average molecular weight is 706 g/mol. The molecular formula is C53H39NO. The van der Waals surface area contributed by atoms with E-state index in [0.717, 1.165) is 51.8 Å². The molecule has 0 amide bonds. The third-order valence-corrected chi connectivity index (χ3v) is 12.1. The molecule has 0 N–H and O–H groups in total. The molecule has 2 aliphatic rings. The van der Waals surface area contributed by atoms with Crippen LogP contribution in [0, 0.1) is 0 Å². The Kier molecular flexibility index (Phi) is 7.38. The first-order valence-corrected chi connectivity index (χ1v) is 19.6. The van der Waals surface area contributed by atoms with Crippen molar-refractivity contribution in [1.82, 2.24) is 0 Å². The Bertz CT molecular complexity index is 2830. The number of nitrogens with zero attached hydrogens (tertiary/aromatic N) is 1. The van der Waals surface area contributed by atoms with Crippen molar-refractivity contribution < 1.29 is 4.42 Å². The minimum Gasteiger partial charge on any atom is -0.456 e. The Balaban J connectivity index is 1.25. The SMILES string of the molecule is c1ccc(N(c2ccc3c(c2)oc2ccccc23)c2cc3c(cc2-c2ccc4c(c2)CCCC4)-c2ccccc2C3(c2ccccc2)c2ccccc2)cc1. The predicted molar refractivity (Wildman–Crippen MR) is 228 cm³/mol. The number of para-hydroxylation sites is 2. The number of fused-ring (bicyclic) bond motifs is 7. The highest BCUT2D eigenvalue weighted by Crippen LogP contribution is 2.59. The van der Waals surface area contributed by atoms with Gasteiger partial charge in [0, 0.05) is 33.8 Å². The molecule has 1 heterocycles. The quantitative estimate of drug-likeness (QED) is 0.171. The lowest BCUT2D eigenvalue weighted by atomic mass is 9.67. The van der Waals surface area contributed by atoms with Gasteiger partial charge < -0.3 is 9.32 Å². The molecule has 8 aromatic carbocycles. The Labute approximate surface area is 322 Å². The fourth-order valence-corrected chi connectivity index (χ4v) is 9.65. The van der Waals surface area contributed by atoms with E-state index in [1.807, 2.05) is 6.07 Å². The average Bonchev–Trinajstić information content (AvgIpc) is 3.77. The first kappa shape index (κ1) is 31.8. The van der Waals surface area contributed by atoms with Crippen molar-refractivity contribution in [2.24, 2.45) is 0 Å². The highest BCUT2D eigenvalue weighted by atomic mass is 16.3. The molecular weight excluding hydrogens is 667 g/mol. The number of hydrogen-bond donors (Lipinski definition) is 0. The molecule has 55 heavy (non-hydrogen) atoms. The summed E-state index contributed by atoms with van der Waals surface area (Å²) in [6.07, 6.45) is 4.79. The fourth-order valence-electron chi connectivity index (χ4n) is 9.65. The van der Waals surface area contributed by atoms with E-state index in [1.54, 1.807) is 0 Å². The number of aryl methyl sites for hydroxylation is 2. The number of anilines is 3. The zero-order chi connectivity index (χ0) is 36.3. The molecule has 262 valence electrons. The summed E-state index contributed by atoms with van der Waals surface area (Å²) in [6.45, 7) is 0. The van der Waals surface area contributed by atoms with Crippen LogP contribution in [0.25, 0.3) is 44.2 Å². The molecule has 0 bridgehead atoms. The van der Waals surface area contributed by atoms with Gasteiger partial charge in [0.1, 0.15) is 11.2 Å². The molecule has 1 aromatic heterocycles. The zero-order valence-electron chi connectivity index (χ0n) is 30.6. The number of rotatable bonds is 6. The number of hydrogen-bond acceptors (Lipinski definition) is 2. The van der Waals surface area contributed by atoms with Gasteiger partial charge >= 0.3 is 0 Å². The van der Waals surface area contributed by atoms with Crippen molar-refractivity contribution in [2.45, 2.75) is 31.1 Å². The van der Waals surface area contributed by atoms with Crippen LogP contribution in [0.5, 0.6) is 0 Å². The van der Waals surface area contributed by atoms with Crippen LogP contribution in [0.2, 0.25) is 0 Å².